The van der Waals surface area contributed by atoms with E-state index in [1.165, 1.54) is 25.7 Å². The first-order chi connectivity index (χ1) is 7.68. The molecule has 0 aromatic heterocycles. The van der Waals surface area contributed by atoms with E-state index in [9.17, 15) is 4.79 Å². The first kappa shape index (κ1) is 11.9. The van der Waals surface area contributed by atoms with Crippen LogP contribution in [0.1, 0.15) is 39.5 Å². The van der Waals surface area contributed by atoms with Crippen LogP contribution in [-0.4, -0.2) is 25.0 Å². The van der Waals surface area contributed by atoms with Crippen LogP contribution in [-0.2, 0) is 4.79 Å². The molecule has 0 aromatic rings. The molecule has 3 atom stereocenters. The van der Waals surface area contributed by atoms with Crippen molar-refractivity contribution in [3.8, 4) is 0 Å². The molecular formula is C13H24N2O. The topological polar surface area (TPSA) is 41.1 Å². The molecular weight excluding hydrogens is 200 g/mol. The summed E-state index contributed by atoms with van der Waals surface area (Å²) in [5, 5.41) is 6.48. The first-order valence-corrected chi connectivity index (χ1v) is 6.69. The smallest absolute Gasteiger partial charge is 0.223 e. The maximum atomic E-state index is 12.1. The van der Waals surface area contributed by atoms with Crippen molar-refractivity contribution in [2.45, 2.75) is 45.6 Å². The fourth-order valence-electron chi connectivity index (χ4n) is 2.72. The summed E-state index contributed by atoms with van der Waals surface area (Å²) in [5.41, 5.74) is 0. The van der Waals surface area contributed by atoms with E-state index in [4.69, 9.17) is 0 Å². The van der Waals surface area contributed by atoms with Crippen molar-refractivity contribution in [3.63, 3.8) is 0 Å². The van der Waals surface area contributed by atoms with E-state index in [2.05, 4.69) is 24.5 Å². The van der Waals surface area contributed by atoms with Gasteiger partial charge in [-0.1, -0.05) is 26.7 Å². The Bertz CT molecular complexity index is 250. The van der Waals surface area contributed by atoms with Crippen molar-refractivity contribution in [1.82, 2.24) is 10.6 Å². The molecule has 1 saturated carbocycles. The molecule has 2 aliphatic rings. The lowest BCUT2D eigenvalue weighted by molar-refractivity contribution is -0.128. The van der Waals surface area contributed by atoms with Gasteiger partial charge in [-0.2, -0.15) is 0 Å². The molecule has 2 rings (SSSR count). The Balaban J connectivity index is 1.80. The van der Waals surface area contributed by atoms with E-state index in [1.807, 2.05) is 0 Å². The van der Waals surface area contributed by atoms with E-state index >= 15 is 0 Å². The van der Waals surface area contributed by atoms with Gasteiger partial charge in [0, 0.05) is 12.0 Å². The second-order valence-electron chi connectivity index (χ2n) is 5.58. The minimum atomic E-state index is 0.176. The minimum Gasteiger partial charge on any atom is -0.353 e. The molecule has 1 aliphatic carbocycles. The van der Waals surface area contributed by atoms with Crippen LogP contribution in [0.4, 0.5) is 0 Å². The maximum absolute atomic E-state index is 12.1. The monoisotopic (exact) mass is 224 g/mol. The van der Waals surface area contributed by atoms with Crippen molar-refractivity contribution in [2.24, 2.45) is 17.8 Å². The lowest BCUT2D eigenvalue weighted by Gasteiger charge is -2.35. The zero-order valence-electron chi connectivity index (χ0n) is 10.5. The van der Waals surface area contributed by atoms with E-state index in [1.54, 1.807) is 0 Å². The normalized spacial score (nSPS) is 32.9. The number of nitrogens with one attached hydrogen (secondary N) is 2. The molecule has 92 valence electrons. The highest BCUT2D eigenvalue weighted by molar-refractivity contribution is 5.79. The largest absolute Gasteiger partial charge is 0.353 e. The van der Waals surface area contributed by atoms with E-state index in [-0.39, 0.29) is 11.8 Å². The second-order valence-corrected chi connectivity index (χ2v) is 5.58. The molecule has 0 spiro atoms. The van der Waals surface area contributed by atoms with Crippen LogP contribution in [0.5, 0.6) is 0 Å². The molecule has 2 fully saturated rings. The zero-order chi connectivity index (χ0) is 11.5. The molecule has 1 aliphatic heterocycles. The van der Waals surface area contributed by atoms with Crippen LogP contribution in [0.2, 0.25) is 0 Å². The zero-order valence-corrected chi connectivity index (χ0v) is 10.5. The van der Waals surface area contributed by atoms with Gasteiger partial charge >= 0.3 is 0 Å². The van der Waals surface area contributed by atoms with Crippen molar-refractivity contribution in [2.75, 3.05) is 13.1 Å². The third-order valence-electron chi connectivity index (χ3n) is 4.37. The lowest BCUT2D eigenvalue weighted by Crippen LogP contribution is -2.52. The number of amides is 1. The van der Waals surface area contributed by atoms with Crippen molar-refractivity contribution < 1.29 is 4.79 Å². The van der Waals surface area contributed by atoms with Gasteiger partial charge in [0.1, 0.15) is 0 Å². The Kier molecular flexibility index (Phi) is 3.85. The van der Waals surface area contributed by atoms with Gasteiger partial charge in [-0.15, -0.1) is 0 Å². The Morgan fingerprint density at radius 1 is 1.31 bits per heavy atom. The van der Waals surface area contributed by atoms with E-state index < -0.39 is 0 Å². The van der Waals surface area contributed by atoms with Gasteiger partial charge in [0.2, 0.25) is 5.91 Å². The van der Waals surface area contributed by atoms with Gasteiger partial charge in [0.25, 0.3) is 0 Å². The van der Waals surface area contributed by atoms with Crippen LogP contribution in [0, 0.1) is 17.8 Å². The fraction of sp³-hybridized carbons (Fsp3) is 0.923. The van der Waals surface area contributed by atoms with Crippen LogP contribution < -0.4 is 10.6 Å². The number of carbonyl (C=O) groups excluding carboxylic acids is 1. The van der Waals surface area contributed by atoms with Crippen LogP contribution in [0.25, 0.3) is 0 Å². The third kappa shape index (κ3) is 2.57. The van der Waals surface area contributed by atoms with Crippen LogP contribution in [0.15, 0.2) is 0 Å². The van der Waals surface area contributed by atoms with Crippen molar-refractivity contribution in [3.05, 3.63) is 0 Å². The molecule has 3 unspecified atom stereocenters. The Labute approximate surface area is 98.4 Å². The molecule has 1 heterocycles. The van der Waals surface area contributed by atoms with Gasteiger partial charge < -0.3 is 10.6 Å². The van der Waals surface area contributed by atoms with E-state index in [0.29, 0.717) is 17.9 Å². The summed E-state index contributed by atoms with van der Waals surface area (Å²) in [6, 6.07) is 0.428. The highest BCUT2D eigenvalue weighted by Gasteiger charge is 2.31. The SMILES string of the molecule is CC1CCCCC1NC(=O)C(C)C1CNC1. The molecule has 3 nitrogen and oxygen atoms in total. The first-order valence-electron chi connectivity index (χ1n) is 6.69. The Morgan fingerprint density at radius 2 is 2.00 bits per heavy atom. The van der Waals surface area contributed by atoms with Crippen molar-refractivity contribution >= 4 is 5.91 Å². The highest BCUT2D eigenvalue weighted by Crippen LogP contribution is 2.24. The van der Waals surface area contributed by atoms with Crippen LogP contribution >= 0.6 is 0 Å². The summed E-state index contributed by atoms with van der Waals surface area (Å²) >= 11 is 0. The van der Waals surface area contributed by atoms with Gasteiger partial charge in [-0.3, -0.25) is 4.79 Å². The Hall–Kier alpha value is -0.570. The molecule has 1 amide bonds. The molecule has 16 heavy (non-hydrogen) atoms. The summed E-state index contributed by atoms with van der Waals surface area (Å²) in [5.74, 6) is 1.66. The Morgan fingerprint density at radius 3 is 2.56 bits per heavy atom. The molecule has 0 bridgehead atoms. The number of hydrogen-bond acceptors (Lipinski definition) is 2. The second kappa shape index (κ2) is 5.17. The van der Waals surface area contributed by atoms with Crippen LogP contribution in [0.3, 0.4) is 0 Å². The average molecular weight is 224 g/mol. The van der Waals surface area contributed by atoms with E-state index in [0.717, 1.165) is 13.1 Å². The molecule has 1 saturated heterocycles. The molecule has 2 N–H and O–H groups in total. The molecule has 3 heteroatoms. The molecule has 0 radical (unpaired) electrons. The summed E-state index contributed by atoms with van der Waals surface area (Å²) in [6.45, 7) is 6.34. The summed E-state index contributed by atoms with van der Waals surface area (Å²) < 4.78 is 0. The fourth-order valence-corrected chi connectivity index (χ4v) is 2.72. The highest BCUT2D eigenvalue weighted by atomic mass is 16.1. The quantitative estimate of drug-likeness (QED) is 0.763. The van der Waals surface area contributed by atoms with Gasteiger partial charge in [-0.25, -0.2) is 0 Å². The minimum absolute atomic E-state index is 0.176. The average Bonchev–Trinajstić information content (AvgIpc) is 2.18. The number of hydrogen-bond donors (Lipinski definition) is 2. The molecule has 0 aromatic carbocycles. The predicted octanol–water partition coefficient (Wildman–Crippen LogP) is 1.54. The summed E-state index contributed by atoms with van der Waals surface area (Å²) in [4.78, 5) is 12.1. The predicted molar refractivity (Wildman–Crippen MR) is 65.1 cm³/mol. The van der Waals surface area contributed by atoms with Gasteiger partial charge in [-0.05, 0) is 37.8 Å². The maximum Gasteiger partial charge on any atom is 0.223 e. The summed E-state index contributed by atoms with van der Waals surface area (Å²) in [7, 11) is 0. The summed E-state index contributed by atoms with van der Waals surface area (Å²) in [6.07, 6.45) is 5.04. The number of carbonyl (C=O) groups is 1. The van der Waals surface area contributed by atoms with Gasteiger partial charge in [0.15, 0.2) is 0 Å². The third-order valence-corrected chi connectivity index (χ3v) is 4.37. The standard InChI is InChI=1S/C13H24N2O/c1-9-5-3-4-6-12(9)15-13(16)10(2)11-7-14-8-11/h9-12,14H,3-8H2,1-2H3,(H,15,16). The van der Waals surface area contributed by atoms with Gasteiger partial charge in [0.05, 0.1) is 0 Å². The lowest BCUT2D eigenvalue weighted by atomic mass is 9.84. The number of rotatable bonds is 3. The van der Waals surface area contributed by atoms with Crippen molar-refractivity contribution in [1.29, 1.82) is 0 Å².